The molecule has 0 spiro atoms. The predicted octanol–water partition coefficient (Wildman–Crippen LogP) is 1.57. The first-order valence-corrected chi connectivity index (χ1v) is 6.27. The topological polar surface area (TPSA) is 35.5 Å². The molecule has 3 heteroatoms. The Balaban J connectivity index is 4.22. The summed E-state index contributed by atoms with van der Waals surface area (Å²) in [5, 5.41) is 13.7. The fourth-order valence-corrected chi connectivity index (χ4v) is 1.45. The molecular weight excluding hydrogens is 200 g/mol. The molecule has 0 aromatic heterocycles. The molecule has 0 heterocycles. The van der Waals surface area contributed by atoms with E-state index in [2.05, 4.69) is 52.0 Å². The molecule has 0 fully saturated rings. The third-order valence-corrected chi connectivity index (χ3v) is 3.33. The summed E-state index contributed by atoms with van der Waals surface area (Å²) in [7, 11) is 4.16. The van der Waals surface area contributed by atoms with Crippen molar-refractivity contribution in [3.8, 4) is 0 Å². The zero-order chi connectivity index (χ0) is 12.9. The molecular formula is C13H30N2O. The Hall–Kier alpha value is -0.120. The Morgan fingerprint density at radius 3 is 2.00 bits per heavy atom. The number of hydrogen-bond donors (Lipinski definition) is 2. The summed E-state index contributed by atoms with van der Waals surface area (Å²) in [6.45, 7) is 12.1. The Bertz CT molecular complexity index is 188. The van der Waals surface area contributed by atoms with E-state index < -0.39 is 5.60 Å². The van der Waals surface area contributed by atoms with Crippen molar-refractivity contribution in [3.05, 3.63) is 0 Å². The van der Waals surface area contributed by atoms with E-state index in [4.69, 9.17) is 0 Å². The smallest absolute Gasteiger partial charge is 0.0766 e. The third-order valence-electron chi connectivity index (χ3n) is 3.33. The van der Waals surface area contributed by atoms with E-state index in [0.717, 1.165) is 6.54 Å². The third kappa shape index (κ3) is 5.83. The number of hydrogen-bond acceptors (Lipinski definition) is 3. The van der Waals surface area contributed by atoms with Crippen molar-refractivity contribution < 1.29 is 5.11 Å². The highest BCUT2D eigenvalue weighted by Crippen LogP contribution is 2.15. The Kier molecular flexibility index (Phi) is 6.53. The van der Waals surface area contributed by atoms with Gasteiger partial charge in [-0.05, 0) is 32.9 Å². The molecule has 0 bridgehead atoms. The Morgan fingerprint density at radius 1 is 1.19 bits per heavy atom. The average Bonchev–Trinajstić information content (AvgIpc) is 2.10. The number of aliphatic hydroxyl groups is 1. The van der Waals surface area contributed by atoms with Gasteiger partial charge in [-0.3, -0.25) is 0 Å². The molecule has 2 atom stereocenters. The van der Waals surface area contributed by atoms with Crippen LogP contribution < -0.4 is 5.32 Å². The molecule has 0 aliphatic rings. The molecule has 16 heavy (non-hydrogen) atoms. The summed E-state index contributed by atoms with van der Waals surface area (Å²) in [6, 6.07) is 0.431. The number of nitrogens with zero attached hydrogens (tertiary/aromatic N) is 1. The molecule has 0 saturated carbocycles. The minimum Gasteiger partial charge on any atom is -0.389 e. The van der Waals surface area contributed by atoms with E-state index in [1.807, 2.05) is 6.92 Å². The van der Waals surface area contributed by atoms with Gasteiger partial charge in [-0.25, -0.2) is 0 Å². The second kappa shape index (κ2) is 6.58. The summed E-state index contributed by atoms with van der Waals surface area (Å²) in [5.41, 5.74) is -0.626. The van der Waals surface area contributed by atoms with E-state index in [-0.39, 0.29) is 5.92 Å². The van der Waals surface area contributed by atoms with Gasteiger partial charge in [-0.2, -0.15) is 0 Å². The Labute approximate surface area is 101 Å². The fourth-order valence-electron chi connectivity index (χ4n) is 1.45. The molecule has 0 aliphatic carbocycles. The monoisotopic (exact) mass is 230 g/mol. The van der Waals surface area contributed by atoms with Crippen LogP contribution in [0.25, 0.3) is 0 Å². The van der Waals surface area contributed by atoms with Gasteiger partial charge in [0.1, 0.15) is 0 Å². The minimum atomic E-state index is -0.626. The lowest BCUT2D eigenvalue weighted by molar-refractivity contribution is 0.00964. The van der Waals surface area contributed by atoms with Crippen molar-refractivity contribution in [3.63, 3.8) is 0 Å². The highest BCUT2D eigenvalue weighted by molar-refractivity contribution is 4.83. The summed E-state index contributed by atoms with van der Waals surface area (Å²) >= 11 is 0. The summed E-state index contributed by atoms with van der Waals surface area (Å²) in [4.78, 5) is 2.18. The summed E-state index contributed by atoms with van der Waals surface area (Å²) < 4.78 is 0. The van der Waals surface area contributed by atoms with Gasteiger partial charge in [0.15, 0.2) is 0 Å². The Morgan fingerprint density at radius 2 is 1.69 bits per heavy atom. The maximum Gasteiger partial charge on any atom is 0.0766 e. The van der Waals surface area contributed by atoms with E-state index in [0.29, 0.717) is 18.5 Å². The van der Waals surface area contributed by atoms with Crippen molar-refractivity contribution in [1.29, 1.82) is 0 Å². The fraction of sp³-hybridized carbons (Fsp3) is 1.00. The molecule has 0 amide bonds. The van der Waals surface area contributed by atoms with E-state index >= 15 is 0 Å². The number of nitrogens with one attached hydrogen (secondary N) is 1. The van der Waals surface area contributed by atoms with Crippen molar-refractivity contribution in [2.24, 2.45) is 11.8 Å². The van der Waals surface area contributed by atoms with Crippen molar-refractivity contribution in [1.82, 2.24) is 10.2 Å². The highest BCUT2D eigenvalue weighted by Gasteiger charge is 2.26. The van der Waals surface area contributed by atoms with Gasteiger partial charge in [0.2, 0.25) is 0 Å². The SMILES string of the molecule is CC(C)C(CN(C)C)NCC(C)(O)C(C)C. The van der Waals surface area contributed by atoms with Crippen LogP contribution in [0.15, 0.2) is 0 Å². The maximum absolute atomic E-state index is 10.2. The van der Waals surface area contributed by atoms with Gasteiger partial charge in [0, 0.05) is 19.1 Å². The van der Waals surface area contributed by atoms with Gasteiger partial charge >= 0.3 is 0 Å². The molecule has 98 valence electrons. The molecule has 2 N–H and O–H groups in total. The first kappa shape index (κ1) is 15.9. The molecule has 0 rings (SSSR count). The molecule has 3 nitrogen and oxygen atoms in total. The quantitative estimate of drug-likeness (QED) is 0.697. The molecule has 0 aromatic carbocycles. The number of rotatable bonds is 7. The van der Waals surface area contributed by atoms with Crippen LogP contribution in [0.2, 0.25) is 0 Å². The lowest BCUT2D eigenvalue weighted by Crippen LogP contribution is -2.50. The zero-order valence-corrected chi connectivity index (χ0v) is 12.0. The van der Waals surface area contributed by atoms with Crippen LogP contribution in [-0.2, 0) is 0 Å². The summed E-state index contributed by atoms with van der Waals surface area (Å²) in [5.74, 6) is 0.845. The zero-order valence-electron chi connectivity index (χ0n) is 12.0. The molecule has 0 radical (unpaired) electrons. The highest BCUT2D eigenvalue weighted by atomic mass is 16.3. The normalized spacial score (nSPS) is 18.2. The first-order chi connectivity index (χ1) is 7.16. The second-order valence-electron chi connectivity index (χ2n) is 6.01. The maximum atomic E-state index is 10.2. The van der Waals surface area contributed by atoms with Gasteiger partial charge in [-0.15, -0.1) is 0 Å². The lowest BCUT2D eigenvalue weighted by Gasteiger charge is -2.33. The number of likely N-dealkylation sites (N-methyl/N-ethyl adjacent to an activating group) is 1. The standard InChI is InChI=1S/C13H30N2O/c1-10(2)12(8-15(6)7)14-9-13(5,16)11(3)4/h10-12,14,16H,8-9H2,1-7H3. The van der Waals surface area contributed by atoms with Gasteiger partial charge in [-0.1, -0.05) is 27.7 Å². The van der Waals surface area contributed by atoms with Crippen LogP contribution in [-0.4, -0.2) is 48.8 Å². The largest absolute Gasteiger partial charge is 0.389 e. The van der Waals surface area contributed by atoms with Gasteiger partial charge in [0.05, 0.1) is 5.60 Å². The van der Waals surface area contributed by atoms with Crippen LogP contribution in [0.3, 0.4) is 0 Å². The first-order valence-electron chi connectivity index (χ1n) is 6.27. The van der Waals surface area contributed by atoms with Crippen LogP contribution in [0, 0.1) is 11.8 Å². The van der Waals surface area contributed by atoms with E-state index in [1.165, 1.54) is 0 Å². The molecule has 0 aliphatic heterocycles. The van der Waals surface area contributed by atoms with Crippen LogP contribution >= 0.6 is 0 Å². The molecule has 0 saturated heterocycles. The van der Waals surface area contributed by atoms with Crippen molar-refractivity contribution in [2.45, 2.75) is 46.3 Å². The predicted molar refractivity (Wildman–Crippen MR) is 70.6 cm³/mol. The summed E-state index contributed by atoms with van der Waals surface area (Å²) in [6.07, 6.45) is 0. The van der Waals surface area contributed by atoms with Crippen LogP contribution in [0.1, 0.15) is 34.6 Å². The van der Waals surface area contributed by atoms with Gasteiger partial charge < -0.3 is 15.3 Å². The van der Waals surface area contributed by atoms with Crippen LogP contribution in [0.5, 0.6) is 0 Å². The van der Waals surface area contributed by atoms with E-state index in [9.17, 15) is 5.11 Å². The molecule has 2 unspecified atom stereocenters. The van der Waals surface area contributed by atoms with Crippen molar-refractivity contribution in [2.75, 3.05) is 27.2 Å². The lowest BCUT2D eigenvalue weighted by atomic mass is 9.91. The average molecular weight is 230 g/mol. The van der Waals surface area contributed by atoms with Crippen molar-refractivity contribution >= 4 is 0 Å². The molecule has 0 aromatic rings. The van der Waals surface area contributed by atoms with Gasteiger partial charge in [0.25, 0.3) is 0 Å². The van der Waals surface area contributed by atoms with Crippen LogP contribution in [0.4, 0.5) is 0 Å². The second-order valence-corrected chi connectivity index (χ2v) is 6.01. The minimum absolute atomic E-state index is 0.271. The van der Waals surface area contributed by atoms with E-state index in [1.54, 1.807) is 0 Å².